The fraction of sp³-hybridized carbons (Fsp3) is 0.429. The van der Waals surface area contributed by atoms with Gasteiger partial charge in [-0.2, -0.15) is 0 Å². The summed E-state index contributed by atoms with van der Waals surface area (Å²) in [4.78, 5) is 11.8. The average Bonchev–Trinajstić information content (AvgIpc) is 2.88. The SMILES string of the molecule is COC(CN(Cc1cnc(Cl)s1)c1cccc(C)n1)OC. The van der Waals surface area contributed by atoms with Crippen LogP contribution < -0.4 is 4.90 Å². The van der Waals surface area contributed by atoms with Crippen molar-refractivity contribution < 1.29 is 9.47 Å². The maximum absolute atomic E-state index is 5.90. The van der Waals surface area contributed by atoms with Crippen molar-refractivity contribution >= 4 is 28.8 Å². The number of ether oxygens (including phenoxy) is 2. The van der Waals surface area contributed by atoms with E-state index in [1.165, 1.54) is 11.3 Å². The van der Waals surface area contributed by atoms with Gasteiger partial charge in [-0.15, -0.1) is 11.3 Å². The van der Waals surface area contributed by atoms with E-state index in [9.17, 15) is 0 Å². The standard InChI is InChI=1S/C14H18ClN3O2S/c1-10-5-4-6-12(17-10)18(9-13(19-2)20-3)8-11-7-16-14(15)21-11/h4-7,13H,8-9H2,1-3H3. The highest BCUT2D eigenvalue weighted by Crippen LogP contribution is 2.22. The number of rotatable bonds is 7. The van der Waals surface area contributed by atoms with Crippen LogP contribution in [-0.2, 0) is 16.0 Å². The topological polar surface area (TPSA) is 47.5 Å². The van der Waals surface area contributed by atoms with Gasteiger partial charge < -0.3 is 14.4 Å². The summed E-state index contributed by atoms with van der Waals surface area (Å²) in [5.41, 5.74) is 0.964. The predicted octanol–water partition coefficient (Wildman–Crippen LogP) is 3.13. The molecule has 0 aliphatic rings. The van der Waals surface area contributed by atoms with Gasteiger partial charge in [-0.3, -0.25) is 0 Å². The maximum atomic E-state index is 5.90. The lowest BCUT2D eigenvalue weighted by Gasteiger charge is -2.26. The molecule has 0 aliphatic carbocycles. The molecule has 0 spiro atoms. The number of hydrogen-bond acceptors (Lipinski definition) is 6. The van der Waals surface area contributed by atoms with Crippen LogP contribution >= 0.6 is 22.9 Å². The van der Waals surface area contributed by atoms with Crippen LogP contribution in [0.3, 0.4) is 0 Å². The van der Waals surface area contributed by atoms with E-state index >= 15 is 0 Å². The zero-order valence-corrected chi connectivity index (χ0v) is 13.8. The van der Waals surface area contributed by atoms with Crippen LogP contribution in [0.4, 0.5) is 5.82 Å². The molecule has 0 N–H and O–H groups in total. The summed E-state index contributed by atoms with van der Waals surface area (Å²) in [7, 11) is 3.25. The maximum Gasteiger partial charge on any atom is 0.183 e. The number of halogens is 1. The zero-order valence-electron chi connectivity index (χ0n) is 12.2. The molecule has 0 aromatic carbocycles. The summed E-state index contributed by atoms with van der Waals surface area (Å²) in [6.07, 6.45) is 1.46. The van der Waals surface area contributed by atoms with Crippen LogP contribution in [0.5, 0.6) is 0 Å². The predicted molar refractivity (Wildman–Crippen MR) is 85.0 cm³/mol. The van der Waals surface area contributed by atoms with Crippen LogP contribution in [0.15, 0.2) is 24.4 Å². The van der Waals surface area contributed by atoms with Gasteiger partial charge in [-0.1, -0.05) is 17.7 Å². The molecule has 21 heavy (non-hydrogen) atoms. The second kappa shape index (κ2) is 7.70. The van der Waals surface area contributed by atoms with Gasteiger partial charge in [0.2, 0.25) is 0 Å². The number of aryl methyl sites for hydroxylation is 1. The number of anilines is 1. The molecule has 0 radical (unpaired) electrons. The molecule has 0 amide bonds. The van der Waals surface area contributed by atoms with Crippen LogP contribution in [0.1, 0.15) is 10.6 Å². The summed E-state index contributed by atoms with van der Waals surface area (Å²) < 4.78 is 11.1. The molecular formula is C14H18ClN3O2S. The van der Waals surface area contributed by atoms with Crippen molar-refractivity contribution in [2.75, 3.05) is 25.7 Å². The lowest BCUT2D eigenvalue weighted by Crippen LogP contribution is -2.34. The Morgan fingerprint density at radius 3 is 2.67 bits per heavy atom. The first-order valence-corrected chi connectivity index (χ1v) is 7.66. The van der Waals surface area contributed by atoms with E-state index in [0.29, 0.717) is 17.6 Å². The quantitative estimate of drug-likeness (QED) is 0.731. The number of hydrogen-bond donors (Lipinski definition) is 0. The molecule has 0 saturated heterocycles. The monoisotopic (exact) mass is 327 g/mol. The van der Waals surface area contributed by atoms with Crippen LogP contribution in [-0.4, -0.2) is 37.0 Å². The molecule has 5 nitrogen and oxygen atoms in total. The highest BCUT2D eigenvalue weighted by molar-refractivity contribution is 7.15. The lowest BCUT2D eigenvalue weighted by atomic mass is 10.3. The summed E-state index contributed by atoms with van der Waals surface area (Å²) in [5.74, 6) is 0.874. The first-order valence-electron chi connectivity index (χ1n) is 6.46. The van der Waals surface area contributed by atoms with E-state index < -0.39 is 0 Å². The third kappa shape index (κ3) is 4.64. The fourth-order valence-corrected chi connectivity index (χ4v) is 2.91. The third-order valence-electron chi connectivity index (χ3n) is 2.96. The molecule has 0 aliphatic heterocycles. The minimum Gasteiger partial charge on any atom is -0.354 e. The number of aromatic nitrogens is 2. The number of nitrogens with zero attached hydrogens (tertiary/aromatic N) is 3. The number of pyridine rings is 1. The van der Waals surface area contributed by atoms with Gasteiger partial charge in [-0.25, -0.2) is 9.97 Å². The summed E-state index contributed by atoms with van der Waals surface area (Å²) in [6, 6.07) is 5.92. The molecular weight excluding hydrogens is 310 g/mol. The minimum absolute atomic E-state index is 0.323. The van der Waals surface area contributed by atoms with Crippen molar-refractivity contribution in [3.8, 4) is 0 Å². The van der Waals surface area contributed by atoms with E-state index in [-0.39, 0.29) is 6.29 Å². The molecule has 114 valence electrons. The molecule has 2 aromatic rings. The van der Waals surface area contributed by atoms with Crippen molar-refractivity contribution in [3.63, 3.8) is 0 Å². The van der Waals surface area contributed by atoms with E-state index in [2.05, 4.69) is 14.9 Å². The summed E-state index contributed by atoms with van der Waals surface area (Å²) in [5, 5.41) is 0. The first kappa shape index (κ1) is 16.2. The van der Waals surface area contributed by atoms with E-state index in [4.69, 9.17) is 21.1 Å². The summed E-state index contributed by atoms with van der Waals surface area (Å²) >= 11 is 7.36. The van der Waals surface area contributed by atoms with Gasteiger partial charge in [0.25, 0.3) is 0 Å². The van der Waals surface area contributed by atoms with Gasteiger partial charge in [0.1, 0.15) is 5.82 Å². The molecule has 2 aromatic heterocycles. The molecule has 0 unspecified atom stereocenters. The Hall–Kier alpha value is -1.21. The highest BCUT2D eigenvalue weighted by atomic mass is 35.5. The Morgan fingerprint density at radius 2 is 2.10 bits per heavy atom. The summed E-state index contributed by atoms with van der Waals surface area (Å²) in [6.45, 7) is 3.19. The average molecular weight is 328 g/mol. The van der Waals surface area contributed by atoms with Crippen molar-refractivity contribution in [2.24, 2.45) is 0 Å². The smallest absolute Gasteiger partial charge is 0.183 e. The third-order valence-corrected chi connectivity index (χ3v) is 4.06. The van der Waals surface area contributed by atoms with Crippen molar-refractivity contribution in [1.29, 1.82) is 0 Å². The second-order valence-electron chi connectivity index (χ2n) is 4.50. The Morgan fingerprint density at radius 1 is 1.33 bits per heavy atom. The van der Waals surface area contributed by atoms with E-state index in [1.54, 1.807) is 20.4 Å². The van der Waals surface area contributed by atoms with Crippen LogP contribution in [0.2, 0.25) is 4.47 Å². The second-order valence-corrected chi connectivity index (χ2v) is 6.20. The largest absolute Gasteiger partial charge is 0.354 e. The molecule has 2 heterocycles. The van der Waals surface area contributed by atoms with E-state index in [1.807, 2.05) is 25.1 Å². The van der Waals surface area contributed by atoms with Gasteiger partial charge in [-0.05, 0) is 19.1 Å². The Kier molecular flexibility index (Phi) is 5.93. The number of methoxy groups -OCH3 is 2. The lowest BCUT2D eigenvalue weighted by molar-refractivity contribution is -0.0951. The van der Waals surface area contributed by atoms with Crippen molar-refractivity contribution in [1.82, 2.24) is 9.97 Å². The van der Waals surface area contributed by atoms with Crippen molar-refractivity contribution in [3.05, 3.63) is 39.4 Å². The van der Waals surface area contributed by atoms with Crippen LogP contribution in [0.25, 0.3) is 0 Å². The molecule has 7 heteroatoms. The van der Waals surface area contributed by atoms with Gasteiger partial charge in [0.05, 0.1) is 13.1 Å². The highest BCUT2D eigenvalue weighted by Gasteiger charge is 2.16. The van der Waals surface area contributed by atoms with Gasteiger partial charge in [0, 0.05) is 31.0 Å². The van der Waals surface area contributed by atoms with E-state index in [0.717, 1.165) is 16.4 Å². The zero-order chi connectivity index (χ0) is 15.2. The molecule has 2 rings (SSSR count). The molecule has 0 atom stereocenters. The number of thiazole rings is 1. The van der Waals surface area contributed by atoms with Gasteiger partial charge in [0.15, 0.2) is 10.8 Å². The van der Waals surface area contributed by atoms with Gasteiger partial charge >= 0.3 is 0 Å². The Bertz CT molecular complexity index is 575. The minimum atomic E-state index is -0.323. The molecule has 0 fully saturated rings. The Labute approximate surface area is 133 Å². The molecule has 0 bridgehead atoms. The fourth-order valence-electron chi connectivity index (χ4n) is 1.91. The first-order chi connectivity index (χ1) is 10.1. The van der Waals surface area contributed by atoms with Crippen molar-refractivity contribution in [2.45, 2.75) is 19.8 Å². The Balaban J connectivity index is 2.20. The molecule has 0 saturated carbocycles. The van der Waals surface area contributed by atoms with Crippen LogP contribution in [0, 0.1) is 6.92 Å². The normalized spacial score (nSPS) is 11.1.